The highest BCUT2D eigenvalue weighted by Crippen LogP contribution is 2.22. The first kappa shape index (κ1) is 19.4. The Bertz CT molecular complexity index is 718. The Labute approximate surface area is 161 Å². The van der Waals surface area contributed by atoms with Crippen molar-refractivity contribution in [1.29, 1.82) is 0 Å². The molecule has 27 heavy (non-hydrogen) atoms. The van der Waals surface area contributed by atoms with Crippen LogP contribution >= 0.6 is 0 Å². The van der Waals surface area contributed by atoms with Crippen molar-refractivity contribution in [3.63, 3.8) is 0 Å². The van der Waals surface area contributed by atoms with Crippen molar-refractivity contribution in [2.45, 2.75) is 38.8 Å². The molecule has 0 aromatic heterocycles. The van der Waals surface area contributed by atoms with E-state index >= 15 is 0 Å². The van der Waals surface area contributed by atoms with Crippen molar-refractivity contribution >= 4 is 11.6 Å². The van der Waals surface area contributed by atoms with Gasteiger partial charge in [-0.1, -0.05) is 25.1 Å². The predicted octanol–water partition coefficient (Wildman–Crippen LogP) is 3.88. The van der Waals surface area contributed by atoms with Crippen LogP contribution in [0.25, 0.3) is 0 Å². The van der Waals surface area contributed by atoms with Gasteiger partial charge >= 0.3 is 0 Å². The largest absolute Gasteiger partial charge is 0.457 e. The third kappa shape index (κ3) is 5.55. The van der Waals surface area contributed by atoms with E-state index in [1.165, 1.54) is 19.4 Å². The molecule has 1 fully saturated rings. The molecule has 0 bridgehead atoms. The van der Waals surface area contributed by atoms with Gasteiger partial charge in [0, 0.05) is 18.3 Å². The number of para-hydroxylation sites is 1. The van der Waals surface area contributed by atoms with Crippen LogP contribution in [0.1, 0.15) is 26.7 Å². The van der Waals surface area contributed by atoms with E-state index in [0.29, 0.717) is 6.04 Å². The maximum atomic E-state index is 12.4. The molecule has 0 spiro atoms. The average Bonchev–Trinajstić information content (AvgIpc) is 3.16. The maximum absolute atomic E-state index is 12.4. The molecular formula is C22H29N3O2. The molecule has 144 valence electrons. The summed E-state index contributed by atoms with van der Waals surface area (Å²) in [4.78, 5) is 14.9. The first-order valence-electron chi connectivity index (χ1n) is 9.77. The first-order chi connectivity index (χ1) is 13.2. The number of ether oxygens (including phenoxy) is 1. The van der Waals surface area contributed by atoms with Gasteiger partial charge in [0.25, 0.3) is 0 Å². The van der Waals surface area contributed by atoms with Crippen molar-refractivity contribution in [1.82, 2.24) is 10.2 Å². The van der Waals surface area contributed by atoms with Crippen LogP contribution in [0, 0.1) is 0 Å². The first-order valence-corrected chi connectivity index (χ1v) is 9.77. The van der Waals surface area contributed by atoms with Gasteiger partial charge in [-0.05, 0) is 69.3 Å². The third-order valence-electron chi connectivity index (χ3n) is 5.06. The van der Waals surface area contributed by atoms with Gasteiger partial charge in [0.05, 0.1) is 6.04 Å². The molecule has 1 aliphatic rings. The second-order valence-electron chi connectivity index (χ2n) is 6.98. The molecule has 2 atom stereocenters. The van der Waals surface area contributed by atoms with Crippen LogP contribution in [-0.4, -0.2) is 42.5 Å². The molecule has 5 heteroatoms. The van der Waals surface area contributed by atoms with Gasteiger partial charge in [0.15, 0.2) is 0 Å². The number of hydrogen-bond donors (Lipinski definition) is 2. The summed E-state index contributed by atoms with van der Waals surface area (Å²) in [5.41, 5.74) is 0.769. The van der Waals surface area contributed by atoms with Gasteiger partial charge in [-0.2, -0.15) is 0 Å². The van der Waals surface area contributed by atoms with Gasteiger partial charge in [0.2, 0.25) is 5.91 Å². The highest BCUT2D eigenvalue weighted by atomic mass is 16.5. The summed E-state index contributed by atoms with van der Waals surface area (Å²) in [5, 5.41) is 6.34. The Hall–Kier alpha value is -2.37. The summed E-state index contributed by atoms with van der Waals surface area (Å²) < 4.78 is 5.77. The van der Waals surface area contributed by atoms with Crippen molar-refractivity contribution in [3.8, 4) is 11.5 Å². The second-order valence-corrected chi connectivity index (χ2v) is 6.98. The molecular weight excluding hydrogens is 338 g/mol. The van der Waals surface area contributed by atoms with E-state index in [1.807, 2.05) is 61.5 Å². The SMILES string of the molecule is CCN1CCC[C@@H]1CN[C@@H](C)C(=O)Nc1ccc(Oc2ccccc2)cc1. The molecule has 5 nitrogen and oxygen atoms in total. The fourth-order valence-electron chi connectivity index (χ4n) is 3.43. The Morgan fingerprint density at radius 1 is 1.15 bits per heavy atom. The van der Waals surface area contributed by atoms with E-state index < -0.39 is 0 Å². The number of nitrogens with one attached hydrogen (secondary N) is 2. The summed E-state index contributed by atoms with van der Waals surface area (Å²) in [6.07, 6.45) is 2.45. The number of rotatable bonds is 8. The quantitative estimate of drug-likeness (QED) is 0.743. The lowest BCUT2D eigenvalue weighted by atomic mass is 10.2. The summed E-state index contributed by atoms with van der Waals surface area (Å²) in [6.45, 7) is 7.20. The van der Waals surface area contributed by atoms with Crippen LogP contribution in [0.4, 0.5) is 5.69 Å². The normalized spacial score (nSPS) is 18.2. The molecule has 2 aromatic carbocycles. The lowest BCUT2D eigenvalue weighted by molar-refractivity contribution is -0.117. The number of likely N-dealkylation sites (tertiary alicyclic amines) is 1. The summed E-state index contributed by atoms with van der Waals surface area (Å²) >= 11 is 0. The minimum Gasteiger partial charge on any atom is -0.457 e. The van der Waals surface area contributed by atoms with Gasteiger partial charge in [-0.15, -0.1) is 0 Å². The lowest BCUT2D eigenvalue weighted by Gasteiger charge is -2.24. The zero-order valence-corrected chi connectivity index (χ0v) is 16.2. The van der Waals surface area contributed by atoms with Gasteiger partial charge in [0.1, 0.15) is 11.5 Å². The third-order valence-corrected chi connectivity index (χ3v) is 5.06. The van der Waals surface area contributed by atoms with Crippen LogP contribution in [0.15, 0.2) is 54.6 Å². The number of carbonyl (C=O) groups excluding carboxylic acids is 1. The molecule has 1 saturated heterocycles. The van der Waals surface area contributed by atoms with Crippen LogP contribution in [0.2, 0.25) is 0 Å². The molecule has 0 radical (unpaired) electrons. The maximum Gasteiger partial charge on any atom is 0.241 e. The van der Waals surface area contributed by atoms with Crippen molar-refractivity contribution in [3.05, 3.63) is 54.6 Å². The zero-order chi connectivity index (χ0) is 19.1. The number of nitrogens with zero attached hydrogens (tertiary/aromatic N) is 1. The molecule has 1 amide bonds. The Morgan fingerprint density at radius 2 is 1.85 bits per heavy atom. The number of hydrogen-bond acceptors (Lipinski definition) is 4. The van der Waals surface area contributed by atoms with Crippen LogP contribution in [-0.2, 0) is 4.79 Å². The molecule has 2 N–H and O–H groups in total. The number of likely N-dealkylation sites (N-methyl/N-ethyl adjacent to an activating group) is 1. The molecule has 1 aliphatic heterocycles. The molecule has 3 rings (SSSR count). The minimum absolute atomic E-state index is 0.0206. The van der Waals surface area contributed by atoms with Crippen molar-refractivity contribution < 1.29 is 9.53 Å². The monoisotopic (exact) mass is 367 g/mol. The Kier molecular flexibility index (Phi) is 6.85. The molecule has 2 aromatic rings. The van der Waals surface area contributed by atoms with Crippen LogP contribution in [0.5, 0.6) is 11.5 Å². The standard InChI is InChI=1S/C22H29N3O2/c1-3-25-15-7-8-19(25)16-23-17(2)22(26)24-18-11-13-21(14-12-18)27-20-9-5-4-6-10-20/h4-6,9-14,17,19,23H,3,7-8,15-16H2,1-2H3,(H,24,26)/t17-,19+/m0/s1. The molecule has 0 aliphatic carbocycles. The van der Waals surface area contributed by atoms with Crippen LogP contribution in [0.3, 0.4) is 0 Å². The highest BCUT2D eigenvalue weighted by molar-refractivity contribution is 5.94. The molecule has 0 saturated carbocycles. The highest BCUT2D eigenvalue weighted by Gasteiger charge is 2.24. The molecule has 1 heterocycles. The minimum atomic E-state index is -0.232. The van der Waals surface area contributed by atoms with Gasteiger partial charge < -0.3 is 15.4 Å². The Balaban J connectivity index is 1.47. The summed E-state index contributed by atoms with van der Waals surface area (Å²) in [6, 6.07) is 17.4. The topological polar surface area (TPSA) is 53.6 Å². The number of anilines is 1. The fourth-order valence-corrected chi connectivity index (χ4v) is 3.43. The smallest absolute Gasteiger partial charge is 0.241 e. The summed E-state index contributed by atoms with van der Waals surface area (Å²) in [5.74, 6) is 1.51. The van der Waals surface area contributed by atoms with E-state index in [4.69, 9.17) is 4.74 Å². The summed E-state index contributed by atoms with van der Waals surface area (Å²) in [7, 11) is 0. The van der Waals surface area contributed by atoms with E-state index in [1.54, 1.807) is 0 Å². The van der Waals surface area contributed by atoms with E-state index in [-0.39, 0.29) is 11.9 Å². The van der Waals surface area contributed by atoms with Crippen molar-refractivity contribution in [2.24, 2.45) is 0 Å². The predicted molar refractivity (Wildman–Crippen MR) is 109 cm³/mol. The second kappa shape index (κ2) is 9.53. The van der Waals surface area contributed by atoms with Gasteiger partial charge in [-0.25, -0.2) is 0 Å². The van der Waals surface area contributed by atoms with E-state index in [9.17, 15) is 4.79 Å². The molecule has 0 unspecified atom stereocenters. The number of amides is 1. The fraction of sp³-hybridized carbons (Fsp3) is 0.409. The number of carbonyl (C=O) groups is 1. The zero-order valence-electron chi connectivity index (χ0n) is 16.2. The number of benzene rings is 2. The average molecular weight is 367 g/mol. The van der Waals surface area contributed by atoms with Crippen molar-refractivity contribution in [2.75, 3.05) is 25.0 Å². The van der Waals surface area contributed by atoms with E-state index in [2.05, 4.69) is 22.5 Å². The van der Waals surface area contributed by atoms with Gasteiger partial charge in [-0.3, -0.25) is 9.69 Å². The lowest BCUT2D eigenvalue weighted by Crippen LogP contribution is -2.45. The Morgan fingerprint density at radius 3 is 2.56 bits per heavy atom. The van der Waals surface area contributed by atoms with E-state index in [0.717, 1.165) is 30.3 Å². The van der Waals surface area contributed by atoms with Crippen LogP contribution < -0.4 is 15.4 Å².